The van der Waals surface area contributed by atoms with Gasteiger partial charge in [-0.1, -0.05) is 72.8 Å². The normalized spacial score (nSPS) is 24.4. The van der Waals surface area contributed by atoms with Gasteiger partial charge < -0.3 is 19.7 Å². The molecule has 3 heterocycles. The van der Waals surface area contributed by atoms with E-state index in [2.05, 4.69) is 11.9 Å². The predicted octanol–water partition coefficient (Wildman–Crippen LogP) is 3.59. The number of nitrogens with zero attached hydrogens (tertiary/aromatic N) is 3. The van der Waals surface area contributed by atoms with E-state index in [9.17, 15) is 28.1 Å². The Labute approximate surface area is 272 Å². The zero-order chi connectivity index (χ0) is 33.3. The average Bonchev–Trinajstić information content (AvgIpc) is 3.72. The largest absolute Gasteiger partial charge is 0.497 e. The maximum absolute atomic E-state index is 14.6. The molecule has 3 aromatic rings. The number of sulfonamides is 1. The SMILES string of the molecule is C=CCCN([C@@H]1[C@H]2C(=O)N(Cc3ccc(OC)cc3)[C@H](C(=O)NCc3ccccc3)[C@]23C=C[C@H]1O3)S(=O)(=O)c1ccccc1[N+](=O)[O-]. The first kappa shape index (κ1) is 32.1. The number of carbonyl (C=O) groups is 2. The minimum atomic E-state index is -4.54. The first-order valence-corrected chi connectivity index (χ1v) is 16.5. The van der Waals surface area contributed by atoms with Crippen molar-refractivity contribution in [1.82, 2.24) is 14.5 Å². The lowest BCUT2D eigenvalue weighted by Crippen LogP contribution is -2.55. The van der Waals surface area contributed by atoms with Crippen molar-refractivity contribution in [3.8, 4) is 5.75 Å². The minimum absolute atomic E-state index is 0.0443. The topological polar surface area (TPSA) is 148 Å². The first-order chi connectivity index (χ1) is 22.6. The first-order valence-electron chi connectivity index (χ1n) is 15.1. The van der Waals surface area contributed by atoms with Crippen LogP contribution in [0.4, 0.5) is 5.69 Å². The van der Waals surface area contributed by atoms with Gasteiger partial charge in [-0.3, -0.25) is 19.7 Å². The van der Waals surface area contributed by atoms with Crippen LogP contribution in [0.3, 0.4) is 0 Å². The Bertz CT molecular complexity index is 1830. The third kappa shape index (κ3) is 5.60. The van der Waals surface area contributed by atoms with Gasteiger partial charge in [0.1, 0.15) is 17.4 Å². The van der Waals surface area contributed by atoms with E-state index in [-0.39, 0.29) is 26.1 Å². The summed E-state index contributed by atoms with van der Waals surface area (Å²) in [6.07, 6.45) is 4.24. The summed E-state index contributed by atoms with van der Waals surface area (Å²) in [7, 11) is -3.00. The Balaban J connectivity index is 1.42. The van der Waals surface area contributed by atoms with Crippen LogP contribution in [0.5, 0.6) is 5.75 Å². The Morgan fingerprint density at radius 1 is 1.11 bits per heavy atom. The lowest BCUT2D eigenvalue weighted by molar-refractivity contribution is -0.387. The zero-order valence-corrected chi connectivity index (χ0v) is 26.4. The predicted molar refractivity (Wildman–Crippen MR) is 171 cm³/mol. The van der Waals surface area contributed by atoms with Crippen molar-refractivity contribution in [3.63, 3.8) is 0 Å². The number of rotatable bonds is 13. The number of hydrogen-bond donors (Lipinski definition) is 1. The summed E-state index contributed by atoms with van der Waals surface area (Å²) < 4.78 is 41.5. The fourth-order valence-electron chi connectivity index (χ4n) is 6.85. The molecule has 5 atom stereocenters. The molecular formula is C34H34N4O8S. The van der Waals surface area contributed by atoms with E-state index in [0.717, 1.165) is 21.5 Å². The Hall–Kier alpha value is -4.85. The number of nitrogens with one attached hydrogen (secondary N) is 1. The highest BCUT2D eigenvalue weighted by atomic mass is 32.2. The van der Waals surface area contributed by atoms with Crippen molar-refractivity contribution in [2.75, 3.05) is 13.7 Å². The molecule has 3 aliphatic rings. The summed E-state index contributed by atoms with van der Waals surface area (Å²) in [5.74, 6) is -1.40. The second kappa shape index (κ2) is 12.7. The number of fused-ring (bicyclic) bond motifs is 1. The van der Waals surface area contributed by atoms with E-state index >= 15 is 0 Å². The van der Waals surface area contributed by atoms with Gasteiger partial charge in [0.05, 0.1) is 30.1 Å². The molecule has 1 spiro atoms. The van der Waals surface area contributed by atoms with Gasteiger partial charge in [-0.05, 0) is 35.7 Å². The molecular weight excluding hydrogens is 624 g/mol. The summed E-state index contributed by atoms with van der Waals surface area (Å²) in [5.41, 5.74) is -0.480. The molecule has 0 aliphatic carbocycles. The molecule has 3 aromatic carbocycles. The van der Waals surface area contributed by atoms with E-state index < -0.39 is 67.1 Å². The van der Waals surface area contributed by atoms with Gasteiger partial charge >= 0.3 is 0 Å². The monoisotopic (exact) mass is 658 g/mol. The third-order valence-electron chi connectivity index (χ3n) is 8.94. The van der Waals surface area contributed by atoms with Gasteiger partial charge in [0, 0.05) is 25.7 Å². The van der Waals surface area contributed by atoms with Crippen LogP contribution in [0.25, 0.3) is 0 Å². The molecule has 2 amide bonds. The fraction of sp³-hybridized carbons (Fsp3) is 0.294. The van der Waals surface area contributed by atoms with E-state index in [4.69, 9.17) is 9.47 Å². The number of methoxy groups -OCH3 is 1. The lowest BCUT2D eigenvalue weighted by atomic mass is 9.78. The number of hydrogen-bond acceptors (Lipinski definition) is 8. The highest BCUT2D eigenvalue weighted by Crippen LogP contribution is 2.55. The number of likely N-dealkylation sites (tertiary alicyclic amines) is 1. The van der Waals surface area contributed by atoms with E-state index in [1.165, 1.54) is 29.2 Å². The molecule has 0 unspecified atom stereocenters. The van der Waals surface area contributed by atoms with Crippen molar-refractivity contribution < 1.29 is 32.4 Å². The zero-order valence-electron chi connectivity index (χ0n) is 25.6. The molecule has 1 N–H and O–H groups in total. The molecule has 13 heteroatoms. The number of ether oxygens (including phenoxy) is 2. The maximum Gasteiger partial charge on any atom is 0.289 e. The molecule has 6 rings (SSSR count). The van der Waals surface area contributed by atoms with Crippen LogP contribution >= 0.6 is 0 Å². The summed E-state index contributed by atoms with van der Waals surface area (Å²) in [6, 6.07) is 19.3. The Kier molecular flexibility index (Phi) is 8.70. The number of para-hydroxylation sites is 1. The molecule has 2 saturated heterocycles. The third-order valence-corrected chi connectivity index (χ3v) is 10.9. The molecule has 2 bridgehead atoms. The second-order valence-corrected chi connectivity index (χ2v) is 13.5. The Morgan fingerprint density at radius 3 is 2.49 bits per heavy atom. The van der Waals surface area contributed by atoms with Crippen molar-refractivity contribution in [1.29, 1.82) is 0 Å². The van der Waals surface area contributed by atoms with Crippen molar-refractivity contribution in [2.45, 2.75) is 48.2 Å². The summed E-state index contributed by atoms with van der Waals surface area (Å²) in [6.45, 7) is 3.86. The van der Waals surface area contributed by atoms with Gasteiger partial charge in [0.25, 0.3) is 5.69 Å². The van der Waals surface area contributed by atoms with Crippen LogP contribution in [-0.2, 0) is 37.4 Å². The molecule has 12 nitrogen and oxygen atoms in total. The van der Waals surface area contributed by atoms with Gasteiger partial charge in [-0.15, -0.1) is 6.58 Å². The molecule has 244 valence electrons. The quantitative estimate of drug-likeness (QED) is 0.167. The van der Waals surface area contributed by atoms with Crippen LogP contribution in [-0.4, -0.2) is 71.8 Å². The van der Waals surface area contributed by atoms with Crippen LogP contribution < -0.4 is 10.1 Å². The maximum atomic E-state index is 14.6. The minimum Gasteiger partial charge on any atom is -0.497 e. The molecule has 47 heavy (non-hydrogen) atoms. The molecule has 0 aromatic heterocycles. The van der Waals surface area contributed by atoms with Crippen LogP contribution in [0.15, 0.2) is 109 Å². The van der Waals surface area contributed by atoms with Crippen molar-refractivity contribution in [3.05, 3.63) is 125 Å². The highest BCUT2D eigenvalue weighted by molar-refractivity contribution is 7.89. The summed E-state index contributed by atoms with van der Waals surface area (Å²) >= 11 is 0. The van der Waals surface area contributed by atoms with Gasteiger partial charge in [-0.2, -0.15) is 4.31 Å². The molecule has 3 aliphatic heterocycles. The van der Waals surface area contributed by atoms with Crippen molar-refractivity contribution >= 4 is 27.5 Å². The lowest BCUT2D eigenvalue weighted by Gasteiger charge is -2.34. The van der Waals surface area contributed by atoms with Crippen LogP contribution in [0.1, 0.15) is 17.5 Å². The van der Waals surface area contributed by atoms with E-state index in [1.807, 2.05) is 30.3 Å². The number of benzene rings is 3. The highest BCUT2D eigenvalue weighted by Gasteiger charge is 2.73. The van der Waals surface area contributed by atoms with Crippen molar-refractivity contribution in [2.24, 2.45) is 5.92 Å². The average molecular weight is 659 g/mol. The Morgan fingerprint density at radius 2 is 1.81 bits per heavy atom. The van der Waals surface area contributed by atoms with Crippen LogP contribution in [0, 0.1) is 16.0 Å². The molecule has 2 fully saturated rings. The van der Waals surface area contributed by atoms with E-state index in [0.29, 0.717) is 5.75 Å². The standard InChI is InChI=1S/C34H34N4O8S/c1-3-4-20-37(47(43,44)28-13-9-8-12-26(28)38(41)42)30-27-18-19-34(46-27)29(30)33(40)36(22-24-14-16-25(45-2)17-15-24)31(34)32(39)35-21-23-10-6-5-7-11-23/h3,5-19,27,29-31H,1,4,20-22H2,2H3,(H,35,39)/t27-,29+,30+,31-,34+/m1/s1. The number of carbonyl (C=O) groups excluding carboxylic acids is 2. The number of nitro benzene ring substituents is 1. The van der Waals surface area contributed by atoms with E-state index in [1.54, 1.807) is 43.5 Å². The number of nitro groups is 1. The summed E-state index contributed by atoms with van der Waals surface area (Å²) in [4.78, 5) is 40.8. The summed E-state index contributed by atoms with van der Waals surface area (Å²) in [5, 5.41) is 14.8. The van der Waals surface area contributed by atoms with Gasteiger partial charge in [0.2, 0.25) is 21.8 Å². The van der Waals surface area contributed by atoms with Gasteiger partial charge in [0.15, 0.2) is 4.90 Å². The molecule has 0 saturated carbocycles. The van der Waals surface area contributed by atoms with Crippen LogP contribution in [0.2, 0.25) is 0 Å². The van der Waals surface area contributed by atoms with Gasteiger partial charge in [-0.25, -0.2) is 8.42 Å². The fourth-order valence-corrected chi connectivity index (χ4v) is 8.66. The number of amides is 2. The second-order valence-electron chi connectivity index (χ2n) is 11.6. The molecule has 0 radical (unpaired) electrons. The smallest absolute Gasteiger partial charge is 0.289 e.